The van der Waals surface area contributed by atoms with E-state index in [9.17, 15) is 4.79 Å². The van der Waals surface area contributed by atoms with Gasteiger partial charge in [0, 0.05) is 37.0 Å². The SMILES string of the molecule is Cc1ccc(C(=O)N2C[C@@H]3CC[C@@H](N(C)c4ccc(Br)nn4)[C@@H]3C2)s1. The molecule has 0 spiro atoms. The van der Waals surface area contributed by atoms with Gasteiger partial charge in [0.1, 0.15) is 4.60 Å². The van der Waals surface area contributed by atoms with Crippen molar-refractivity contribution in [3.05, 3.63) is 38.6 Å². The minimum absolute atomic E-state index is 0.192. The van der Waals surface area contributed by atoms with E-state index in [0.717, 1.165) is 34.8 Å². The summed E-state index contributed by atoms with van der Waals surface area (Å²) in [6.45, 7) is 3.78. The first-order chi connectivity index (χ1) is 12.0. The number of likely N-dealkylation sites (tertiary alicyclic amines) is 1. The minimum atomic E-state index is 0.192. The molecule has 1 amide bonds. The molecule has 25 heavy (non-hydrogen) atoms. The lowest BCUT2D eigenvalue weighted by molar-refractivity contribution is 0.0784. The van der Waals surface area contributed by atoms with Gasteiger partial charge in [0.2, 0.25) is 0 Å². The van der Waals surface area contributed by atoms with Crippen LogP contribution in [0.15, 0.2) is 28.9 Å². The molecule has 2 fully saturated rings. The predicted molar refractivity (Wildman–Crippen MR) is 103 cm³/mol. The first-order valence-corrected chi connectivity index (χ1v) is 10.2. The highest BCUT2D eigenvalue weighted by atomic mass is 79.9. The largest absolute Gasteiger partial charge is 0.355 e. The maximum atomic E-state index is 12.8. The van der Waals surface area contributed by atoms with Crippen LogP contribution in [0.2, 0.25) is 0 Å². The summed E-state index contributed by atoms with van der Waals surface area (Å²) < 4.78 is 0.748. The van der Waals surface area contributed by atoms with Crippen molar-refractivity contribution in [3.8, 4) is 0 Å². The summed E-state index contributed by atoms with van der Waals surface area (Å²) in [5, 5.41) is 8.40. The van der Waals surface area contributed by atoms with Gasteiger partial charge in [0.25, 0.3) is 5.91 Å². The molecule has 0 bridgehead atoms. The van der Waals surface area contributed by atoms with Crippen molar-refractivity contribution in [1.29, 1.82) is 0 Å². The van der Waals surface area contributed by atoms with Gasteiger partial charge in [-0.25, -0.2) is 0 Å². The normalized spacial score (nSPS) is 25.2. The lowest BCUT2D eigenvalue weighted by Crippen LogP contribution is -2.39. The highest BCUT2D eigenvalue weighted by Crippen LogP contribution is 2.41. The first-order valence-electron chi connectivity index (χ1n) is 8.60. The number of rotatable bonds is 3. The Labute approximate surface area is 160 Å². The van der Waals surface area contributed by atoms with Crippen LogP contribution < -0.4 is 4.90 Å². The molecule has 2 aromatic heterocycles. The number of anilines is 1. The quantitative estimate of drug-likeness (QED) is 0.760. The first kappa shape index (κ1) is 17.0. The summed E-state index contributed by atoms with van der Waals surface area (Å²) in [5.41, 5.74) is 0. The zero-order valence-electron chi connectivity index (χ0n) is 14.4. The maximum absolute atomic E-state index is 12.8. The Hall–Kier alpha value is -1.47. The highest BCUT2D eigenvalue weighted by molar-refractivity contribution is 9.10. The van der Waals surface area contributed by atoms with Crippen LogP contribution in [0.3, 0.4) is 0 Å². The Bertz CT molecular complexity index is 778. The number of thiophene rings is 1. The van der Waals surface area contributed by atoms with Gasteiger partial charge in [-0.3, -0.25) is 4.79 Å². The van der Waals surface area contributed by atoms with Crippen LogP contribution in [0, 0.1) is 18.8 Å². The molecule has 1 aliphatic carbocycles. The van der Waals surface area contributed by atoms with Crippen LogP contribution in [0.25, 0.3) is 0 Å². The van der Waals surface area contributed by atoms with Gasteiger partial charge >= 0.3 is 0 Å². The van der Waals surface area contributed by atoms with Crippen LogP contribution >= 0.6 is 27.3 Å². The van der Waals surface area contributed by atoms with E-state index < -0.39 is 0 Å². The van der Waals surface area contributed by atoms with Crippen LogP contribution in [0.5, 0.6) is 0 Å². The average Bonchev–Trinajstić information content (AvgIpc) is 3.29. The fourth-order valence-corrected chi connectivity index (χ4v) is 5.30. The summed E-state index contributed by atoms with van der Waals surface area (Å²) in [7, 11) is 2.10. The minimum Gasteiger partial charge on any atom is -0.355 e. The number of halogens is 1. The second-order valence-corrected chi connectivity index (χ2v) is 9.11. The molecule has 3 heterocycles. The molecule has 7 heteroatoms. The second-order valence-electron chi connectivity index (χ2n) is 7.01. The van der Waals surface area contributed by atoms with E-state index >= 15 is 0 Å². The third-order valence-corrected chi connectivity index (χ3v) is 6.95. The molecule has 2 aromatic rings. The van der Waals surface area contributed by atoms with Crippen LogP contribution in [-0.2, 0) is 0 Å². The Morgan fingerprint density at radius 3 is 2.76 bits per heavy atom. The van der Waals surface area contributed by atoms with Gasteiger partial charge < -0.3 is 9.80 Å². The third-order valence-electron chi connectivity index (χ3n) is 5.53. The van der Waals surface area contributed by atoms with Gasteiger partial charge in [-0.05, 0) is 65.9 Å². The van der Waals surface area contributed by atoms with E-state index in [2.05, 4.69) is 38.1 Å². The number of aromatic nitrogens is 2. The van der Waals surface area contributed by atoms with Crippen LogP contribution in [-0.4, -0.2) is 47.2 Å². The lowest BCUT2D eigenvalue weighted by atomic mass is 9.97. The van der Waals surface area contributed by atoms with Gasteiger partial charge in [-0.1, -0.05) is 0 Å². The number of hydrogen-bond donors (Lipinski definition) is 0. The molecule has 1 saturated heterocycles. The Balaban J connectivity index is 1.47. The van der Waals surface area contributed by atoms with E-state index in [1.165, 1.54) is 11.3 Å². The molecule has 1 aliphatic heterocycles. The van der Waals surface area contributed by atoms with E-state index in [0.29, 0.717) is 17.9 Å². The maximum Gasteiger partial charge on any atom is 0.263 e. The third kappa shape index (κ3) is 3.19. The number of carbonyl (C=O) groups excluding carboxylic acids is 1. The van der Waals surface area contributed by atoms with Crippen molar-refractivity contribution in [3.63, 3.8) is 0 Å². The smallest absolute Gasteiger partial charge is 0.263 e. The fourth-order valence-electron chi connectivity index (χ4n) is 4.26. The fraction of sp³-hybridized carbons (Fsp3) is 0.500. The molecule has 132 valence electrons. The highest BCUT2D eigenvalue weighted by Gasteiger charge is 2.45. The number of amides is 1. The molecular weight excluding hydrogens is 400 g/mol. The van der Waals surface area contributed by atoms with Crippen molar-refractivity contribution in [2.45, 2.75) is 25.8 Å². The number of carbonyl (C=O) groups is 1. The topological polar surface area (TPSA) is 49.3 Å². The number of hydrogen-bond acceptors (Lipinski definition) is 5. The van der Waals surface area contributed by atoms with Gasteiger partial charge in [-0.15, -0.1) is 21.5 Å². The molecule has 0 radical (unpaired) electrons. The molecule has 5 nitrogen and oxygen atoms in total. The van der Waals surface area contributed by atoms with Gasteiger partial charge in [0.15, 0.2) is 5.82 Å². The monoisotopic (exact) mass is 420 g/mol. The predicted octanol–water partition coefficient (Wildman–Crippen LogP) is 3.60. The van der Waals surface area contributed by atoms with E-state index in [1.807, 2.05) is 36.1 Å². The molecule has 1 saturated carbocycles. The summed E-state index contributed by atoms with van der Waals surface area (Å²) in [6.07, 6.45) is 2.33. The number of fused-ring (bicyclic) bond motifs is 1. The average molecular weight is 421 g/mol. The molecular formula is C18H21BrN4OS. The van der Waals surface area contributed by atoms with Crippen LogP contribution in [0.1, 0.15) is 27.4 Å². The lowest BCUT2D eigenvalue weighted by Gasteiger charge is -2.30. The number of nitrogens with zero attached hydrogens (tertiary/aromatic N) is 4. The van der Waals surface area contributed by atoms with E-state index in [-0.39, 0.29) is 5.91 Å². The van der Waals surface area contributed by atoms with Crippen molar-refractivity contribution in [2.75, 3.05) is 25.0 Å². The second kappa shape index (κ2) is 6.68. The molecule has 3 atom stereocenters. The standard InChI is InChI=1S/C18H21BrN4OS/c1-11-3-6-15(25-11)18(24)23-9-12-4-5-14(13(12)10-23)22(2)17-8-7-16(19)20-21-17/h3,6-8,12-14H,4-5,9-10H2,1-2H3/t12-,13+,14+/m0/s1. The number of aryl methyl sites for hydroxylation is 1. The van der Waals surface area contributed by atoms with Crippen molar-refractivity contribution in [2.24, 2.45) is 11.8 Å². The van der Waals surface area contributed by atoms with Crippen molar-refractivity contribution in [1.82, 2.24) is 15.1 Å². The molecule has 0 aromatic carbocycles. The van der Waals surface area contributed by atoms with Gasteiger partial charge in [0.05, 0.1) is 4.88 Å². The van der Waals surface area contributed by atoms with Crippen molar-refractivity contribution < 1.29 is 4.79 Å². The molecule has 0 unspecified atom stereocenters. The Morgan fingerprint density at radius 2 is 2.08 bits per heavy atom. The molecule has 0 N–H and O–H groups in total. The summed E-state index contributed by atoms with van der Waals surface area (Å²) >= 11 is 4.93. The molecule has 2 aliphatic rings. The van der Waals surface area contributed by atoms with Gasteiger partial charge in [-0.2, -0.15) is 0 Å². The van der Waals surface area contributed by atoms with E-state index in [1.54, 1.807) is 11.3 Å². The zero-order valence-corrected chi connectivity index (χ0v) is 16.8. The van der Waals surface area contributed by atoms with Crippen LogP contribution in [0.4, 0.5) is 5.82 Å². The summed E-state index contributed by atoms with van der Waals surface area (Å²) in [4.78, 5) is 19.1. The summed E-state index contributed by atoms with van der Waals surface area (Å²) in [6, 6.07) is 8.32. The zero-order chi connectivity index (χ0) is 17.6. The molecule has 4 rings (SSSR count). The van der Waals surface area contributed by atoms with Crippen molar-refractivity contribution >= 4 is 39.0 Å². The van der Waals surface area contributed by atoms with E-state index in [4.69, 9.17) is 0 Å². The Kier molecular flexibility index (Phi) is 4.54. The Morgan fingerprint density at radius 1 is 1.24 bits per heavy atom. The summed E-state index contributed by atoms with van der Waals surface area (Å²) in [5.74, 6) is 2.20.